The molecule has 134 valence electrons. The van der Waals surface area contributed by atoms with E-state index in [2.05, 4.69) is 10.4 Å². The second kappa shape index (κ2) is 7.82. The average molecular weight is 355 g/mol. The largest absolute Gasteiger partial charge is 0.478 e. The molecule has 2 rings (SSSR count). The number of benzene rings is 1. The number of carbonyl (C=O) groups is 2. The first kappa shape index (κ1) is 18.5. The Morgan fingerprint density at radius 2 is 1.96 bits per heavy atom. The minimum atomic E-state index is -4.56. The maximum atomic E-state index is 13.0. The number of halogens is 3. The van der Waals surface area contributed by atoms with Gasteiger partial charge in [0.25, 0.3) is 0 Å². The van der Waals surface area contributed by atoms with Crippen LogP contribution in [0.5, 0.6) is 0 Å². The molecule has 1 aromatic carbocycles. The number of hydrogen-bond donors (Lipinski definition) is 2. The van der Waals surface area contributed by atoms with Crippen LogP contribution >= 0.6 is 0 Å². The van der Waals surface area contributed by atoms with Gasteiger partial charge in [-0.05, 0) is 24.1 Å². The number of aromatic nitrogens is 2. The third-order valence-corrected chi connectivity index (χ3v) is 3.58. The lowest BCUT2D eigenvalue weighted by Crippen LogP contribution is -2.38. The Bertz CT molecular complexity index is 730. The fourth-order valence-corrected chi connectivity index (χ4v) is 2.32. The molecule has 0 saturated heterocycles. The third kappa shape index (κ3) is 5.07. The van der Waals surface area contributed by atoms with E-state index in [1.165, 1.54) is 24.5 Å². The molecule has 0 spiro atoms. The lowest BCUT2D eigenvalue weighted by atomic mass is 10.0. The minimum absolute atomic E-state index is 0.0695. The van der Waals surface area contributed by atoms with Gasteiger partial charge in [0.15, 0.2) is 6.04 Å². The van der Waals surface area contributed by atoms with E-state index in [0.717, 1.165) is 4.68 Å². The van der Waals surface area contributed by atoms with Crippen molar-refractivity contribution < 1.29 is 27.9 Å². The Hall–Kier alpha value is -2.84. The molecule has 1 amide bonds. The first-order valence-corrected chi connectivity index (χ1v) is 7.42. The number of nitrogens with one attached hydrogen (secondary N) is 1. The topological polar surface area (TPSA) is 84.2 Å². The van der Waals surface area contributed by atoms with Gasteiger partial charge < -0.3 is 10.4 Å². The Morgan fingerprint density at radius 3 is 2.56 bits per heavy atom. The predicted octanol–water partition coefficient (Wildman–Crippen LogP) is 2.43. The van der Waals surface area contributed by atoms with E-state index in [1.54, 1.807) is 18.2 Å². The molecule has 0 aliphatic rings. The van der Waals surface area contributed by atoms with Crippen molar-refractivity contribution in [2.24, 2.45) is 0 Å². The van der Waals surface area contributed by atoms with E-state index in [1.807, 2.05) is 0 Å². The van der Waals surface area contributed by atoms with Gasteiger partial charge in [-0.25, -0.2) is 4.79 Å². The van der Waals surface area contributed by atoms with Gasteiger partial charge in [-0.2, -0.15) is 18.3 Å². The molecule has 1 aromatic heterocycles. The summed E-state index contributed by atoms with van der Waals surface area (Å²) in [6, 6.07) is 5.58. The highest BCUT2D eigenvalue weighted by atomic mass is 19.4. The molecule has 1 unspecified atom stereocenters. The smallest absolute Gasteiger partial charge is 0.412 e. The summed E-state index contributed by atoms with van der Waals surface area (Å²) >= 11 is 0. The molecule has 25 heavy (non-hydrogen) atoms. The van der Waals surface area contributed by atoms with Crippen molar-refractivity contribution in [1.29, 1.82) is 0 Å². The zero-order chi connectivity index (χ0) is 18.4. The molecule has 1 atom stereocenters. The van der Waals surface area contributed by atoms with Gasteiger partial charge in [-0.15, -0.1) is 0 Å². The molecule has 0 bridgehead atoms. The van der Waals surface area contributed by atoms with Crippen molar-refractivity contribution in [1.82, 2.24) is 15.1 Å². The monoisotopic (exact) mass is 355 g/mol. The summed E-state index contributed by atoms with van der Waals surface area (Å²) in [5, 5.41) is 14.9. The number of rotatable bonds is 7. The Morgan fingerprint density at radius 1 is 1.24 bits per heavy atom. The maximum Gasteiger partial charge on any atom is 0.412 e. The highest BCUT2D eigenvalue weighted by Gasteiger charge is 2.41. The number of aromatic carboxylic acids is 1. The summed E-state index contributed by atoms with van der Waals surface area (Å²) in [7, 11) is 0. The van der Waals surface area contributed by atoms with Gasteiger partial charge in [0, 0.05) is 25.4 Å². The molecular formula is C16H16F3N3O3. The Balaban J connectivity index is 1.93. The van der Waals surface area contributed by atoms with Crippen molar-refractivity contribution in [3.05, 3.63) is 53.9 Å². The van der Waals surface area contributed by atoms with Crippen LogP contribution in [0.25, 0.3) is 0 Å². The lowest BCUT2D eigenvalue weighted by molar-refractivity contribution is -0.169. The molecule has 0 aliphatic heterocycles. The summed E-state index contributed by atoms with van der Waals surface area (Å²) in [6.45, 7) is -0.648. The van der Waals surface area contributed by atoms with Gasteiger partial charge in [-0.1, -0.05) is 18.2 Å². The summed E-state index contributed by atoms with van der Waals surface area (Å²) in [6.07, 6.45) is -2.16. The number of carboxylic acid groups (broad SMARTS) is 1. The van der Waals surface area contributed by atoms with E-state index in [0.29, 0.717) is 5.56 Å². The van der Waals surface area contributed by atoms with Crippen LogP contribution in [0.3, 0.4) is 0 Å². The van der Waals surface area contributed by atoms with E-state index >= 15 is 0 Å². The third-order valence-electron chi connectivity index (χ3n) is 3.58. The predicted molar refractivity (Wildman–Crippen MR) is 82.1 cm³/mol. The van der Waals surface area contributed by atoms with Crippen LogP contribution in [0, 0.1) is 0 Å². The molecule has 2 aromatic rings. The number of amides is 1. The van der Waals surface area contributed by atoms with Crippen LogP contribution < -0.4 is 5.32 Å². The van der Waals surface area contributed by atoms with Crippen LogP contribution in [0.4, 0.5) is 13.2 Å². The molecule has 1 heterocycles. The van der Waals surface area contributed by atoms with Gasteiger partial charge in [0.05, 0.1) is 5.56 Å². The highest BCUT2D eigenvalue weighted by Crippen LogP contribution is 2.29. The second-order valence-electron chi connectivity index (χ2n) is 5.31. The second-order valence-corrected chi connectivity index (χ2v) is 5.31. The van der Waals surface area contributed by atoms with Crippen molar-refractivity contribution in [3.63, 3.8) is 0 Å². The number of carboxylic acids is 1. The fourth-order valence-electron chi connectivity index (χ4n) is 2.32. The zero-order valence-electron chi connectivity index (χ0n) is 13.0. The molecule has 9 heteroatoms. The normalized spacial score (nSPS) is 12.6. The molecular weight excluding hydrogens is 339 g/mol. The number of hydrogen-bond acceptors (Lipinski definition) is 3. The van der Waals surface area contributed by atoms with Crippen molar-refractivity contribution in [2.75, 3.05) is 6.54 Å². The lowest BCUT2D eigenvalue weighted by Gasteiger charge is -2.21. The standard InChI is InChI=1S/C16H16F3N3O3/c17-16(18,19)13(22-9-3-8-21-22)10-20-14(23)7-6-11-4-1-2-5-12(11)15(24)25/h1-5,8-9,13H,6-7,10H2,(H,20,23)(H,24,25). The molecule has 0 saturated carbocycles. The number of carbonyl (C=O) groups excluding carboxylic acids is 1. The summed E-state index contributed by atoms with van der Waals surface area (Å²) < 4.78 is 39.9. The molecule has 0 aliphatic carbocycles. The molecule has 2 N–H and O–H groups in total. The van der Waals surface area contributed by atoms with E-state index in [4.69, 9.17) is 5.11 Å². The first-order chi connectivity index (χ1) is 11.8. The highest BCUT2D eigenvalue weighted by molar-refractivity contribution is 5.89. The summed E-state index contributed by atoms with van der Waals surface area (Å²) in [4.78, 5) is 22.9. The van der Waals surface area contributed by atoms with E-state index in [9.17, 15) is 22.8 Å². The summed E-state index contributed by atoms with van der Waals surface area (Å²) in [5.41, 5.74) is 0.518. The van der Waals surface area contributed by atoms with Gasteiger partial charge in [0.1, 0.15) is 0 Å². The Labute approximate surface area is 141 Å². The first-order valence-electron chi connectivity index (χ1n) is 7.42. The van der Waals surface area contributed by atoms with Crippen molar-refractivity contribution in [3.8, 4) is 0 Å². The fraction of sp³-hybridized carbons (Fsp3) is 0.312. The van der Waals surface area contributed by atoms with Gasteiger partial charge in [-0.3, -0.25) is 9.48 Å². The SMILES string of the molecule is O=C(CCc1ccccc1C(=O)O)NCC(n1cccn1)C(F)(F)F. The zero-order valence-corrected chi connectivity index (χ0v) is 13.0. The number of aryl methyl sites for hydroxylation is 1. The van der Waals surface area contributed by atoms with Crippen molar-refractivity contribution in [2.45, 2.75) is 25.1 Å². The quantitative estimate of drug-likeness (QED) is 0.799. The number of nitrogens with zero attached hydrogens (tertiary/aromatic N) is 2. The maximum absolute atomic E-state index is 13.0. The number of alkyl halides is 3. The van der Waals surface area contributed by atoms with Crippen molar-refractivity contribution >= 4 is 11.9 Å². The van der Waals surface area contributed by atoms with Crippen LogP contribution in [-0.2, 0) is 11.2 Å². The van der Waals surface area contributed by atoms with Gasteiger partial charge in [0.2, 0.25) is 5.91 Å². The average Bonchev–Trinajstić information content (AvgIpc) is 3.06. The van der Waals surface area contributed by atoms with Gasteiger partial charge >= 0.3 is 12.1 Å². The molecule has 0 radical (unpaired) electrons. The minimum Gasteiger partial charge on any atom is -0.478 e. The summed E-state index contributed by atoms with van der Waals surface area (Å²) in [5.74, 6) is -1.71. The van der Waals surface area contributed by atoms with E-state index in [-0.39, 0.29) is 18.4 Å². The van der Waals surface area contributed by atoms with Crippen LogP contribution in [-0.4, -0.2) is 39.5 Å². The van der Waals surface area contributed by atoms with E-state index < -0.39 is 30.6 Å². The van der Waals surface area contributed by atoms with Crippen LogP contribution in [0.1, 0.15) is 28.4 Å². The van der Waals surface area contributed by atoms with Crippen LogP contribution in [0.15, 0.2) is 42.7 Å². The Kier molecular flexibility index (Phi) is 5.79. The van der Waals surface area contributed by atoms with Crippen LogP contribution in [0.2, 0.25) is 0 Å². The molecule has 6 nitrogen and oxygen atoms in total. The molecule has 0 fully saturated rings.